The summed E-state index contributed by atoms with van der Waals surface area (Å²) in [6, 6.07) is 9.36. The molecule has 0 spiro atoms. The maximum atomic E-state index is 5.71. The molecule has 0 saturated heterocycles. The minimum absolute atomic E-state index is 0.440. The first kappa shape index (κ1) is 11.2. The Morgan fingerprint density at radius 1 is 1.18 bits per heavy atom. The van der Waals surface area contributed by atoms with Gasteiger partial charge < -0.3 is 15.8 Å². The smallest absolute Gasteiger partial charge is 0.224 e. The van der Waals surface area contributed by atoms with Crippen LogP contribution in [-0.4, -0.2) is 24.1 Å². The molecule has 1 aromatic heterocycles. The Balaban J connectivity index is 2.41. The van der Waals surface area contributed by atoms with E-state index in [2.05, 4.69) is 15.3 Å². The van der Waals surface area contributed by atoms with Crippen LogP contribution >= 0.6 is 0 Å². The molecule has 0 fully saturated rings. The highest BCUT2D eigenvalue weighted by Gasteiger charge is 2.04. The van der Waals surface area contributed by atoms with E-state index in [-0.39, 0.29) is 0 Å². The van der Waals surface area contributed by atoms with Crippen molar-refractivity contribution >= 4 is 11.8 Å². The maximum absolute atomic E-state index is 5.71. The topological polar surface area (TPSA) is 73.1 Å². The Kier molecular flexibility index (Phi) is 3.09. The zero-order chi connectivity index (χ0) is 12.3. The summed E-state index contributed by atoms with van der Waals surface area (Å²) in [5.41, 5.74) is 7.46. The summed E-state index contributed by atoms with van der Waals surface area (Å²) in [5.74, 6) is 1.76. The van der Waals surface area contributed by atoms with E-state index in [1.807, 2.05) is 24.3 Å². The van der Waals surface area contributed by atoms with Crippen LogP contribution in [-0.2, 0) is 0 Å². The largest absolute Gasteiger partial charge is 0.497 e. The minimum atomic E-state index is 0.440. The quantitative estimate of drug-likeness (QED) is 0.840. The molecular weight excluding hydrogens is 216 g/mol. The van der Waals surface area contributed by atoms with Gasteiger partial charge in [-0.25, -0.2) is 4.98 Å². The molecule has 0 radical (unpaired) electrons. The lowest BCUT2D eigenvalue weighted by molar-refractivity contribution is 0.415. The van der Waals surface area contributed by atoms with Gasteiger partial charge >= 0.3 is 0 Å². The van der Waals surface area contributed by atoms with Crippen LogP contribution in [0.15, 0.2) is 30.3 Å². The second-order valence-electron chi connectivity index (χ2n) is 3.48. The van der Waals surface area contributed by atoms with E-state index in [4.69, 9.17) is 10.5 Å². The molecule has 5 nitrogen and oxygen atoms in total. The van der Waals surface area contributed by atoms with E-state index in [0.717, 1.165) is 17.0 Å². The van der Waals surface area contributed by atoms with Gasteiger partial charge in [0.1, 0.15) is 11.6 Å². The fourth-order valence-electron chi connectivity index (χ4n) is 1.49. The Morgan fingerprint density at radius 2 is 1.88 bits per heavy atom. The fourth-order valence-corrected chi connectivity index (χ4v) is 1.49. The number of nitrogens with one attached hydrogen (secondary N) is 1. The molecule has 17 heavy (non-hydrogen) atoms. The van der Waals surface area contributed by atoms with Gasteiger partial charge in [-0.3, -0.25) is 0 Å². The van der Waals surface area contributed by atoms with Crippen molar-refractivity contribution < 1.29 is 4.74 Å². The number of methoxy groups -OCH3 is 1. The summed E-state index contributed by atoms with van der Waals surface area (Å²) in [7, 11) is 3.39. The summed E-state index contributed by atoms with van der Waals surface area (Å²) < 4.78 is 5.10. The van der Waals surface area contributed by atoms with Crippen molar-refractivity contribution in [2.24, 2.45) is 0 Å². The lowest BCUT2D eigenvalue weighted by Gasteiger charge is -2.06. The maximum Gasteiger partial charge on any atom is 0.224 e. The SMILES string of the molecule is CNc1nc(N)cc(-c2ccc(OC)cc2)n1. The van der Waals surface area contributed by atoms with Crippen molar-refractivity contribution in [1.29, 1.82) is 0 Å². The van der Waals surface area contributed by atoms with Crippen molar-refractivity contribution in [2.75, 3.05) is 25.2 Å². The molecule has 0 unspecified atom stereocenters. The molecule has 88 valence electrons. The van der Waals surface area contributed by atoms with E-state index in [0.29, 0.717) is 11.8 Å². The molecule has 5 heteroatoms. The Labute approximate surface area is 99.7 Å². The van der Waals surface area contributed by atoms with Gasteiger partial charge in [0, 0.05) is 18.7 Å². The third-order valence-corrected chi connectivity index (χ3v) is 2.36. The normalized spacial score (nSPS) is 10.0. The van der Waals surface area contributed by atoms with Crippen molar-refractivity contribution in [2.45, 2.75) is 0 Å². The molecule has 1 heterocycles. The molecule has 1 aromatic carbocycles. The summed E-state index contributed by atoms with van der Waals surface area (Å²) >= 11 is 0. The molecule has 2 aromatic rings. The number of nitrogens with zero attached hydrogens (tertiary/aromatic N) is 2. The molecule has 0 atom stereocenters. The van der Waals surface area contributed by atoms with Gasteiger partial charge in [0.25, 0.3) is 0 Å². The number of ether oxygens (including phenoxy) is 1. The van der Waals surface area contributed by atoms with E-state index in [1.165, 1.54) is 0 Å². The first-order chi connectivity index (χ1) is 8.22. The lowest BCUT2D eigenvalue weighted by Crippen LogP contribution is -2.01. The molecule has 0 aliphatic heterocycles. The molecule has 0 saturated carbocycles. The summed E-state index contributed by atoms with van der Waals surface area (Å²) in [6.07, 6.45) is 0. The van der Waals surface area contributed by atoms with Gasteiger partial charge in [0.15, 0.2) is 0 Å². The molecule has 0 bridgehead atoms. The standard InChI is InChI=1S/C12H14N4O/c1-14-12-15-10(7-11(13)16-12)8-3-5-9(17-2)6-4-8/h3-7H,1-2H3,(H3,13,14,15,16). The van der Waals surface area contributed by atoms with Crippen molar-refractivity contribution in [3.05, 3.63) is 30.3 Å². The summed E-state index contributed by atoms with van der Waals surface area (Å²) in [4.78, 5) is 8.38. The van der Waals surface area contributed by atoms with Crippen LogP contribution in [0.2, 0.25) is 0 Å². The first-order valence-electron chi connectivity index (χ1n) is 5.19. The van der Waals surface area contributed by atoms with Crippen molar-refractivity contribution in [3.8, 4) is 17.0 Å². The molecular formula is C12H14N4O. The highest BCUT2D eigenvalue weighted by molar-refractivity contribution is 5.64. The number of aromatic nitrogens is 2. The predicted octanol–water partition coefficient (Wildman–Crippen LogP) is 1.78. The van der Waals surface area contributed by atoms with Crippen LogP contribution in [0.4, 0.5) is 11.8 Å². The van der Waals surface area contributed by atoms with Crippen LogP contribution in [0.25, 0.3) is 11.3 Å². The zero-order valence-electron chi connectivity index (χ0n) is 9.77. The van der Waals surface area contributed by atoms with Crippen molar-refractivity contribution in [1.82, 2.24) is 9.97 Å². The minimum Gasteiger partial charge on any atom is -0.497 e. The van der Waals surface area contributed by atoms with E-state index in [9.17, 15) is 0 Å². The van der Waals surface area contributed by atoms with E-state index >= 15 is 0 Å². The number of benzene rings is 1. The van der Waals surface area contributed by atoms with Gasteiger partial charge in [0.2, 0.25) is 5.95 Å². The third kappa shape index (κ3) is 2.44. The molecule has 0 amide bonds. The average Bonchev–Trinajstić information content (AvgIpc) is 2.38. The monoisotopic (exact) mass is 230 g/mol. The zero-order valence-corrected chi connectivity index (χ0v) is 9.77. The third-order valence-electron chi connectivity index (χ3n) is 2.36. The van der Waals surface area contributed by atoms with Gasteiger partial charge in [-0.1, -0.05) is 0 Å². The van der Waals surface area contributed by atoms with Crippen LogP contribution in [0.1, 0.15) is 0 Å². The van der Waals surface area contributed by atoms with Gasteiger partial charge in [0.05, 0.1) is 12.8 Å². The van der Waals surface area contributed by atoms with Crippen molar-refractivity contribution in [3.63, 3.8) is 0 Å². The molecule has 3 N–H and O–H groups in total. The Bertz CT molecular complexity index is 510. The molecule has 2 rings (SSSR count). The highest BCUT2D eigenvalue weighted by Crippen LogP contribution is 2.22. The van der Waals surface area contributed by atoms with Gasteiger partial charge in [-0.15, -0.1) is 0 Å². The Hall–Kier alpha value is -2.30. The number of anilines is 2. The Morgan fingerprint density at radius 3 is 2.47 bits per heavy atom. The van der Waals surface area contributed by atoms with Crippen LogP contribution in [0, 0.1) is 0 Å². The number of nitrogen functional groups attached to an aromatic ring is 1. The fraction of sp³-hybridized carbons (Fsp3) is 0.167. The first-order valence-corrected chi connectivity index (χ1v) is 5.19. The predicted molar refractivity (Wildman–Crippen MR) is 68.0 cm³/mol. The summed E-state index contributed by atoms with van der Waals surface area (Å²) in [5, 5.41) is 2.87. The van der Waals surface area contributed by atoms with Crippen LogP contribution in [0.3, 0.4) is 0 Å². The second kappa shape index (κ2) is 4.69. The average molecular weight is 230 g/mol. The molecule has 0 aliphatic carbocycles. The molecule has 0 aliphatic rings. The van der Waals surface area contributed by atoms with E-state index < -0.39 is 0 Å². The van der Waals surface area contributed by atoms with Gasteiger partial charge in [-0.05, 0) is 24.3 Å². The lowest BCUT2D eigenvalue weighted by atomic mass is 10.1. The second-order valence-corrected chi connectivity index (χ2v) is 3.48. The number of nitrogens with two attached hydrogens (primary N) is 1. The van der Waals surface area contributed by atoms with Gasteiger partial charge in [-0.2, -0.15) is 4.98 Å². The van der Waals surface area contributed by atoms with E-state index in [1.54, 1.807) is 20.2 Å². The number of hydrogen-bond donors (Lipinski definition) is 2. The van der Waals surface area contributed by atoms with Crippen LogP contribution < -0.4 is 15.8 Å². The number of rotatable bonds is 3. The van der Waals surface area contributed by atoms with Crippen LogP contribution in [0.5, 0.6) is 5.75 Å². The number of hydrogen-bond acceptors (Lipinski definition) is 5. The highest BCUT2D eigenvalue weighted by atomic mass is 16.5. The summed E-state index contributed by atoms with van der Waals surface area (Å²) in [6.45, 7) is 0.